The molecule has 0 saturated carbocycles. The van der Waals surface area contributed by atoms with Crippen molar-refractivity contribution in [3.8, 4) is 5.75 Å². The molecule has 4 aromatic rings. The number of nitrogens with zero attached hydrogens (tertiary/aromatic N) is 3. The van der Waals surface area contributed by atoms with Gasteiger partial charge in [-0.05, 0) is 55.3 Å². The quantitative estimate of drug-likeness (QED) is 0.479. The number of methoxy groups -OCH3 is 1. The van der Waals surface area contributed by atoms with Crippen molar-refractivity contribution in [2.75, 3.05) is 7.11 Å². The van der Waals surface area contributed by atoms with Gasteiger partial charge >= 0.3 is 0 Å². The van der Waals surface area contributed by atoms with Crippen molar-refractivity contribution < 1.29 is 13.2 Å². The monoisotopic (exact) mass is 436 g/mol. The molecule has 0 saturated heterocycles. The third-order valence-corrected chi connectivity index (χ3v) is 6.71. The molecule has 31 heavy (non-hydrogen) atoms. The summed E-state index contributed by atoms with van der Waals surface area (Å²) in [5, 5.41) is 0. The van der Waals surface area contributed by atoms with Crippen LogP contribution in [-0.4, -0.2) is 30.1 Å². The first-order chi connectivity index (χ1) is 14.9. The fourth-order valence-electron chi connectivity index (χ4n) is 3.43. The molecule has 1 N–H and O–H groups in total. The summed E-state index contributed by atoms with van der Waals surface area (Å²) in [6.07, 6.45) is 1.70. The van der Waals surface area contributed by atoms with Gasteiger partial charge in [-0.2, -0.15) is 0 Å². The highest BCUT2D eigenvalue weighted by atomic mass is 32.2. The van der Waals surface area contributed by atoms with Crippen molar-refractivity contribution in [2.24, 2.45) is 0 Å². The first-order valence-electron chi connectivity index (χ1n) is 9.88. The Morgan fingerprint density at radius 1 is 1.03 bits per heavy atom. The summed E-state index contributed by atoms with van der Waals surface area (Å²) in [5.74, 6) is 1.33. The molecule has 0 aliphatic rings. The lowest BCUT2D eigenvalue weighted by molar-refractivity contribution is 0.408. The van der Waals surface area contributed by atoms with Gasteiger partial charge in [-0.3, -0.25) is 0 Å². The Bertz CT molecular complexity index is 1350. The van der Waals surface area contributed by atoms with Gasteiger partial charge < -0.3 is 9.30 Å². The molecule has 2 aromatic carbocycles. The minimum absolute atomic E-state index is 0.0424. The molecular weight excluding hydrogens is 412 g/mol. The van der Waals surface area contributed by atoms with E-state index in [1.54, 1.807) is 25.4 Å². The number of sulfonamides is 1. The Morgan fingerprint density at radius 3 is 2.61 bits per heavy atom. The van der Waals surface area contributed by atoms with E-state index in [4.69, 9.17) is 4.74 Å². The van der Waals surface area contributed by atoms with E-state index in [1.165, 1.54) is 0 Å². The molecule has 0 atom stereocenters. The SMILES string of the molecule is COc1ccccc1Cn1c(CNS(=O)(=O)c2ccc(C)c(C)c2)nc2cccnc21. The Balaban J connectivity index is 1.67. The van der Waals surface area contributed by atoms with Crippen molar-refractivity contribution in [2.45, 2.75) is 31.8 Å². The number of fused-ring (bicyclic) bond motifs is 1. The van der Waals surface area contributed by atoms with Crippen LogP contribution in [0.25, 0.3) is 11.2 Å². The molecule has 0 unspecified atom stereocenters. The molecule has 0 spiro atoms. The molecule has 0 radical (unpaired) electrons. The molecule has 0 amide bonds. The van der Waals surface area contributed by atoms with E-state index in [2.05, 4.69) is 14.7 Å². The molecule has 7 nitrogen and oxygen atoms in total. The predicted octanol–water partition coefficient (Wildman–Crippen LogP) is 3.58. The summed E-state index contributed by atoms with van der Waals surface area (Å²) < 4.78 is 35.8. The predicted molar refractivity (Wildman–Crippen MR) is 120 cm³/mol. The van der Waals surface area contributed by atoms with Gasteiger partial charge in [-0.1, -0.05) is 24.3 Å². The van der Waals surface area contributed by atoms with Crippen LogP contribution in [0.3, 0.4) is 0 Å². The zero-order valence-corrected chi connectivity index (χ0v) is 18.5. The first kappa shape index (κ1) is 21.0. The lowest BCUT2D eigenvalue weighted by Crippen LogP contribution is -2.25. The van der Waals surface area contributed by atoms with Crippen LogP contribution < -0.4 is 9.46 Å². The highest BCUT2D eigenvalue weighted by Crippen LogP contribution is 2.22. The van der Waals surface area contributed by atoms with Crippen molar-refractivity contribution in [3.05, 3.63) is 83.3 Å². The van der Waals surface area contributed by atoms with E-state index in [0.29, 0.717) is 23.5 Å². The molecule has 2 heterocycles. The average molecular weight is 437 g/mol. The lowest BCUT2D eigenvalue weighted by atomic mass is 10.1. The Morgan fingerprint density at radius 2 is 1.84 bits per heavy atom. The van der Waals surface area contributed by atoms with Gasteiger partial charge in [0.2, 0.25) is 10.0 Å². The van der Waals surface area contributed by atoms with Gasteiger partial charge in [-0.15, -0.1) is 0 Å². The number of para-hydroxylation sites is 1. The van der Waals surface area contributed by atoms with Crippen molar-refractivity contribution in [1.82, 2.24) is 19.3 Å². The van der Waals surface area contributed by atoms with E-state index in [9.17, 15) is 8.42 Å². The van der Waals surface area contributed by atoms with Gasteiger partial charge in [0.25, 0.3) is 0 Å². The van der Waals surface area contributed by atoms with Crippen LogP contribution in [0.1, 0.15) is 22.5 Å². The molecule has 0 aliphatic carbocycles. The average Bonchev–Trinajstić information content (AvgIpc) is 3.12. The largest absolute Gasteiger partial charge is 0.496 e. The molecular formula is C23H24N4O3S. The standard InChI is InChI=1S/C23H24N4O3S/c1-16-10-11-19(13-17(16)2)31(28,29)25-14-22-26-20-8-6-12-24-23(20)27(22)15-18-7-4-5-9-21(18)30-3/h4-13,25H,14-15H2,1-3H3. The molecule has 0 aliphatic heterocycles. The second-order valence-corrected chi connectivity index (χ2v) is 9.11. The van der Waals surface area contributed by atoms with Crippen LogP contribution in [0.4, 0.5) is 0 Å². The number of aromatic nitrogens is 3. The lowest BCUT2D eigenvalue weighted by Gasteiger charge is -2.13. The Kier molecular flexibility index (Phi) is 5.75. The minimum atomic E-state index is -3.69. The van der Waals surface area contributed by atoms with Crippen LogP contribution in [0.5, 0.6) is 5.75 Å². The van der Waals surface area contributed by atoms with Crippen LogP contribution in [0.15, 0.2) is 65.7 Å². The van der Waals surface area contributed by atoms with Gasteiger partial charge in [0.15, 0.2) is 5.65 Å². The summed E-state index contributed by atoms with van der Waals surface area (Å²) >= 11 is 0. The Hall–Kier alpha value is -3.23. The van der Waals surface area contributed by atoms with Crippen LogP contribution in [0, 0.1) is 13.8 Å². The normalized spacial score (nSPS) is 11.7. The number of nitrogens with one attached hydrogen (secondary N) is 1. The van der Waals surface area contributed by atoms with Crippen molar-refractivity contribution in [1.29, 1.82) is 0 Å². The maximum Gasteiger partial charge on any atom is 0.240 e. The van der Waals surface area contributed by atoms with Crippen LogP contribution in [0.2, 0.25) is 0 Å². The van der Waals surface area contributed by atoms with Gasteiger partial charge in [0, 0.05) is 11.8 Å². The van der Waals surface area contributed by atoms with E-state index in [-0.39, 0.29) is 11.4 Å². The fraction of sp³-hybridized carbons (Fsp3) is 0.217. The number of imidazole rings is 1. The molecule has 2 aromatic heterocycles. The van der Waals surface area contributed by atoms with Gasteiger partial charge in [0.05, 0.1) is 25.1 Å². The maximum atomic E-state index is 12.9. The molecule has 0 bridgehead atoms. The summed E-state index contributed by atoms with van der Waals surface area (Å²) in [6.45, 7) is 4.35. The summed E-state index contributed by atoms with van der Waals surface area (Å²) in [5.41, 5.74) is 4.32. The fourth-order valence-corrected chi connectivity index (χ4v) is 4.50. The third-order valence-electron chi connectivity index (χ3n) is 5.31. The zero-order valence-electron chi connectivity index (χ0n) is 17.7. The van der Waals surface area contributed by atoms with E-state index in [0.717, 1.165) is 22.4 Å². The number of benzene rings is 2. The topological polar surface area (TPSA) is 86.1 Å². The number of hydrogen-bond donors (Lipinski definition) is 1. The third kappa shape index (κ3) is 4.30. The van der Waals surface area contributed by atoms with Crippen LogP contribution >= 0.6 is 0 Å². The number of rotatable bonds is 7. The highest BCUT2D eigenvalue weighted by molar-refractivity contribution is 7.89. The van der Waals surface area contributed by atoms with Gasteiger partial charge in [0.1, 0.15) is 17.1 Å². The second-order valence-electron chi connectivity index (χ2n) is 7.34. The smallest absolute Gasteiger partial charge is 0.240 e. The zero-order chi connectivity index (χ0) is 22.0. The molecule has 0 fully saturated rings. The van der Waals surface area contributed by atoms with E-state index >= 15 is 0 Å². The highest BCUT2D eigenvalue weighted by Gasteiger charge is 2.19. The minimum Gasteiger partial charge on any atom is -0.496 e. The van der Waals surface area contributed by atoms with Crippen molar-refractivity contribution in [3.63, 3.8) is 0 Å². The van der Waals surface area contributed by atoms with Gasteiger partial charge in [-0.25, -0.2) is 23.1 Å². The van der Waals surface area contributed by atoms with E-state index < -0.39 is 10.0 Å². The van der Waals surface area contributed by atoms with Crippen molar-refractivity contribution >= 4 is 21.2 Å². The first-order valence-corrected chi connectivity index (χ1v) is 11.4. The van der Waals surface area contributed by atoms with E-state index in [1.807, 2.05) is 60.9 Å². The van der Waals surface area contributed by atoms with Crippen LogP contribution in [-0.2, 0) is 23.1 Å². The number of ether oxygens (including phenoxy) is 1. The second kappa shape index (κ2) is 8.49. The number of aryl methyl sites for hydroxylation is 2. The molecule has 8 heteroatoms. The summed E-state index contributed by atoms with van der Waals surface area (Å²) in [7, 11) is -2.06. The Labute approximate surface area is 181 Å². The molecule has 160 valence electrons. The number of hydrogen-bond acceptors (Lipinski definition) is 5. The number of pyridine rings is 1. The maximum absolute atomic E-state index is 12.9. The summed E-state index contributed by atoms with van der Waals surface area (Å²) in [6, 6.07) is 16.5. The molecule has 4 rings (SSSR count). The summed E-state index contributed by atoms with van der Waals surface area (Å²) in [4.78, 5) is 9.32.